The summed E-state index contributed by atoms with van der Waals surface area (Å²) in [5.41, 5.74) is 4.07. The molecule has 1 aromatic carbocycles. The topological polar surface area (TPSA) is 63.8 Å². The number of anilines is 1. The first-order valence-electron chi connectivity index (χ1n) is 7.29. The summed E-state index contributed by atoms with van der Waals surface area (Å²) in [5, 5.41) is 11.5. The molecular formula is C16H18N4OS. The molecular weight excluding hydrogens is 296 g/mol. The molecule has 0 aliphatic rings. The van der Waals surface area contributed by atoms with Gasteiger partial charge >= 0.3 is 6.01 Å². The van der Waals surface area contributed by atoms with Gasteiger partial charge in [0.05, 0.1) is 23.7 Å². The number of benzene rings is 1. The van der Waals surface area contributed by atoms with Gasteiger partial charge in [-0.05, 0) is 18.9 Å². The molecule has 1 atom stereocenters. The third-order valence-electron chi connectivity index (χ3n) is 3.59. The summed E-state index contributed by atoms with van der Waals surface area (Å²) >= 11 is 1.62. The molecule has 114 valence electrons. The Bertz CT molecular complexity index is 723. The van der Waals surface area contributed by atoms with E-state index in [1.54, 1.807) is 11.3 Å². The second-order valence-electron chi connectivity index (χ2n) is 5.03. The van der Waals surface area contributed by atoms with E-state index in [-0.39, 0.29) is 5.92 Å². The lowest BCUT2D eigenvalue weighted by molar-refractivity contribution is 0.473. The van der Waals surface area contributed by atoms with Crippen LogP contribution in [0.3, 0.4) is 0 Å². The van der Waals surface area contributed by atoms with Crippen LogP contribution in [0.25, 0.3) is 0 Å². The normalized spacial score (nSPS) is 12.3. The van der Waals surface area contributed by atoms with Crippen molar-refractivity contribution in [3.8, 4) is 0 Å². The van der Waals surface area contributed by atoms with Crippen molar-refractivity contribution in [1.29, 1.82) is 0 Å². The third-order valence-corrected chi connectivity index (χ3v) is 4.53. The van der Waals surface area contributed by atoms with E-state index < -0.39 is 0 Å². The van der Waals surface area contributed by atoms with Crippen LogP contribution < -0.4 is 5.32 Å². The highest BCUT2D eigenvalue weighted by molar-refractivity contribution is 7.09. The smallest absolute Gasteiger partial charge is 0.315 e. The first kappa shape index (κ1) is 14.7. The Morgan fingerprint density at radius 2 is 2.05 bits per heavy atom. The minimum absolute atomic E-state index is 0.134. The zero-order chi connectivity index (χ0) is 15.4. The largest absolute Gasteiger partial charge is 0.407 e. The Labute approximate surface area is 133 Å². The quantitative estimate of drug-likeness (QED) is 0.745. The first-order chi connectivity index (χ1) is 10.8. The number of aromatic nitrogens is 3. The molecule has 3 rings (SSSR count). The van der Waals surface area contributed by atoms with Crippen LogP contribution in [0.4, 0.5) is 6.01 Å². The van der Waals surface area contributed by atoms with Crippen molar-refractivity contribution >= 4 is 17.4 Å². The Hall–Kier alpha value is -2.21. The first-order valence-corrected chi connectivity index (χ1v) is 8.17. The van der Waals surface area contributed by atoms with E-state index in [1.165, 1.54) is 10.4 Å². The average Bonchev–Trinajstić information content (AvgIpc) is 3.16. The lowest BCUT2D eigenvalue weighted by Crippen LogP contribution is -2.00. The SMILES string of the molecule is CC[C@@H](c1ccccc1)c1nnc(NCc2scnc2C)o1. The molecule has 2 aromatic heterocycles. The van der Waals surface area contributed by atoms with Crippen LogP contribution >= 0.6 is 11.3 Å². The summed E-state index contributed by atoms with van der Waals surface area (Å²) in [6.45, 7) is 4.77. The molecule has 3 aromatic rings. The zero-order valence-electron chi connectivity index (χ0n) is 12.6. The molecule has 0 saturated heterocycles. The van der Waals surface area contributed by atoms with Crippen LogP contribution in [0.15, 0.2) is 40.3 Å². The molecule has 0 fully saturated rings. The summed E-state index contributed by atoms with van der Waals surface area (Å²) in [6, 6.07) is 10.7. The van der Waals surface area contributed by atoms with E-state index in [0.717, 1.165) is 12.1 Å². The van der Waals surface area contributed by atoms with Crippen molar-refractivity contribution in [2.45, 2.75) is 32.7 Å². The van der Waals surface area contributed by atoms with Crippen LogP contribution in [-0.4, -0.2) is 15.2 Å². The third kappa shape index (κ3) is 3.17. The fourth-order valence-electron chi connectivity index (χ4n) is 2.34. The molecule has 0 amide bonds. The van der Waals surface area contributed by atoms with Gasteiger partial charge in [0.2, 0.25) is 5.89 Å². The van der Waals surface area contributed by atoms with Crippen molar-refractivity contribution < 1.29 is 4.42 Å². The van der Waals surface area contributed by atoms with Crippen LogP contribution in [0.5, 0.6) is 0 Å². The summed E-state index contributed by atoms with van der Waals surface area (Å²) in [7, 11) is 0. The molecule has 0 radical (unpaired) electrons. The van der Waals surface area contributed by atoms with Crippen molar-refractivity contribution in [2.24, 2.45) is 0 Å². The monoisotopic (exact) mass is 314 g/mol. The van der Waals surface area contributed by atoms with Gasteiger partial charge in [0.25, 0.3) is 0 Å². The van der Waals surface area contributed by atoms with Crippen LogP contribution in [0.2, 0.25) is 0 Å². The minimum atomic E-state index is 0.134. The highest BCUT2D eigenvalue weighted by Gasteiger charge is 2.19. The number of aryl methyl sites for hydroxylation is 1. The molecule has 6 heteroatoms. The number of hydrogen-bond donors (Lipinski definition) is 1. The van der Waals surface area contributed by atoms with E-state index in [0.29, 0.717) is 18.5 Å². The molecule has 0 aliphatic heterocycles. The lowest BCUT2D eigenvalue weighted by atomic mass is 9.97. The number of nitrogens with one attached hydrogen (secondary N) is 1. The molecule has 1 N–H and O–H groups in total. The Kier molecular flexibility index (Phi) is 4.48. The molecule has 0 unspecified atom stereocenters. The molecule has 0 saturated carbocycles. The Balaban J connectivity index is 1.71. The van der Waals surface area contributed by atoms with E-state index in [9.17, 15) is 0 Å². The van der Waals surface area contributed by atoms with Gasteiger partial charge in [0.1, 0.15) is 0 Å². The molecule has 0 bridgehead atoms. The van der Waals surface area contributed by atoms with Gasteiger partial charge in [0, 0.05) is 4.88 Å². The summed E-state index contributed by atoms with van der Waals surface area (Å²) in [6.07, 6.45) is 0.916. The summed E-state index contributed by atoms with van der Waals surface area (Å²) in [4.78, 5) is 5.40. The average molecular weight is 314 g/mol. The second kappa shape index (κ2) is 6.70. The molecule has 5 nitrogen and oxygen atoms in total. The number of rotatable bonds is 6. The van der Waals surface area contributed by atoms with Gasteiger partial charge in [-0.15, -0.1) is 16.4 Å². The molecule has 0 aliphatic carbocycles. The second-order valence-corrected chi connectivity index (χ2v) is 5.97. The predicted molar refractivity (Wildman–Crippen MR) is 87.1 cm³/mol. The predicted octanol–water partition coefficient (Wildman–Crippen LogP) is 3.99. The number of hydrogen-bond acceptors (Lipinski definition) is 6. The zero-order valence-corrected chi connectivity index (χ0v) is 13.4. The van der Waals surface area contributed by atoms with Crippen LogP contribution in [0, 0.1) is 6.92 Å². The van der Waals surface area contributed by atoms with Crippen molar-refractivity contribution in [1.82, 2.24) is 15.2 Å². The fraction of sp³-hybridized carbons (Fsp3) is 0.312. The highest BCUT2D eigenvalue weighted by atomic mass is 32.1. The van der Waals surface area contributed by atoms with Gasteiger partial charge < -0.3 is 9.73 Å². The van der Waals surface area contributed by atoms with E-state index >= 15 is 0 Å². The Morgan fingerprint density at radius 1 is 1.23 bits per heavy atom. The molecule has 22 heavy (non-hydrogen) atoms. The van der Waals surface area contributed by atoms with Gasteiger partial charge in [-0.3, -0.25) is 0 Å². The standard InChI is InChI=1S/C16H18N4OS/c1-3-13(12-7-5-4-6-8-12)15-19-20-16(21-15)17-9-14-11(2)18-10-22-14/h4-8,10,13H,3,9H2,1-2H3,(H,17,20)/t13-/m0/s1. The summed E-state index contributed by atoms with van der Waals surface area (Å²) < 4.78 is 5.78. The lowest BCUT2D eigenvalue weighted by Gasteiger charge is -2.10. The number of thiazole rings is 1. The van der Waals surface area contributed by atoms with Gasteiger partial charge in [0.15, 0.2) is 0 Å². The van der Waals surface area contributed by atoms with Crippen molar-refractivity contribution in [3.63, 3.8) is 0 Å². The van der Waals surface area contributed by atoms with Gasteiger partial charge in [-0.25, -0.2) is 4.98 Å². The summed E-state index contributed by atoms with van der Waals surface area (Å²) in [5.74, 6) is 0.784. The molecule has 0 spiro atoms. The highest BCUT2D eigenvalue weighted by Crippen LogP contribution is 2.27. The number of nitrogens with zero attached hydrogens (tertiary/aromatic N) is 3. The molecule has 2 heterocycles. The van der Waals surface area contributed by atoms with Crippen molar-refractivity contribution in [2.75, 3.05) is 5.32 Å². The minimum Gasteiger partial charge on any atom is -0.407 e. The van der Waals surface area contributed by atoms with E-state index in [1.807, 2.05) is 30.6 Å². The Morgan fingerprint density at radius 3 is 2.73 bits per heavy atom. The maximum Gasteiger partial charge on any atom is 0.315 e. The fourth-order valence-corrected chi connectivity index (χ4v) is 3.05. The van der Waals surface area contributed by atoms with Crippen LogP contribution in [0.1, 0.15) is 41.3 Å². The van der Waals surface area contributed by atoms with E-state index in [4.69, 9.17) is 4.42 Å². The van der Waals surface area contributed by atoms with Gasteiger partial charge in [-0.2, -0.15) is 0 Å². The maximum absolute atomic E-state index is 5.78. The van der Waals surface area contributed by atoms with Gasteiger partial charge in [-0.1, -0.05) is 42.4 Å². The van der Waals surface area contributed by atoms with Crippen molar-refractivity contribution in [3.05, 3.63) is 57.9 Å². The van der Waals surface area contributed by atoms with E-state index in [2.05, 4.69) is 39.6 Å². The van der Waals surface area contributed by atoms with Crippen LogP contribution in [-0.2, 0) is 6.54 Å². The maximum atomic E-state index is 5.78.